The van der Waals surface area contributed by atoms with Gasteiger partial charge in [-0.3, -0.25) is 0 Å². The van der Waals surface area contributed by atoms with Gasteiger partial charge in [-0.1, -0.05) is 25.5 Å². The van der Waals surface area contributed by atoms with Crippen LogP contribution in [0.2, 0.25) is 0 Å². The van der Waals surface area contributed by atoms with Gasteiger partial charge in [0.05, 0.1) is 22.4 Å². The molecule has 1 heterocycles. The van der Waals surface area contributed by atoms with Gasteiger partial charge >= 0.3 is 5.97 Å². The summed E-state index contributed by atoms with van der Waals surface area (Å²) >= 11 is 1.54. The van der Waals surface area contributed by atoms with Gasteiger partial charge in [0.25, 0.3) is 0 Å². The molecule has 0 aliphatic heterocycles. The van der Waals surface area contributed by atoms with Crippen LogP contribution in [0.1, 0.15) is 35.1 Å². The number of nitrogens with zero attached hydrogens (tertiary/aromatic N) is 1. The van der Waals surface area contributed by atoms with E-state index in [1.165, 1.54) is 11.3 Å². The van der Waals surface area contributed by atoms with Crippen LogP contribution in [0.5, 0.6) is 5.75 Å². The predicted molar refractivity (Wildman–Crippen MR) is 95.6 cm³/mol. The quantitative estimate of drug-likeness (QED) is 0.456. The van der Waals surface area contributed by atoms with Crippen LogP contribution >= 0.6 is 11.3 Å². The number of carbonyl (C=O) groups excluding carboxylic acids is 1. The lowest BCUT2D eigenvalue weighted by Crippen LogP contribution is -2.05. The van der Waals surface area contributed by atoms with Crippen LogP contribution in [0.25, 0.3) is 10.2 Å². The lowest BCUT2D eigenvalue weighted by molar-refractivity contribution is 0.0472. The fourth-order valence-electron chi connectivity index (χ4n) is 2.21. The molecule has 0 saturated carbocycles. The first-order valence-electron chi connectivity index (χ1n) is 8.00. The summed E-state index contributed by atoms with van der Waals surface area (Å²) in [6, 6.07) is 14.9. The molecule has 1 aromatic heterocycles. The largest absolute Gasteiger partial charge is 0.494 e. The van der Waals surface area contributed by atoms with Gasteiger partial charge in [-0.05, 0) is 42.8 Å². The number of esters is 1. The molecule has 0 bridgehead atoms. The summed E-state index contributed by atoms with van der Waals surface area (Å²) in [7, 11) is 0. The molecule has 0 aliphatic rings. The summed E-state index contributed by atoms with van der Waals surface area (Å²) in [4.78, 5) is 16.6. The highest BCUT2D eigenvalue weighted by atomic mass is 32.1. The SMILES string of the molecule is CCCCOc1ccc(C(=O)OCc2nc3ccccc3s2)cc1. The number of carbonyl (C=O) groups is 1. The number of rotatable bonds is 7. The van der Waals surface area contributed by atoms with E-state index < -0.39 is 0 Å². The molecule has 0 N–H and O–H groups in total. The van der Waals surface area contributed by atoms with Gasteiger partial charge in [-0.2, -0.15) is 0 Å². The van der Waals surface area contributed by atoms with Crippen molar-refractivity contribution in [3.05, 3.63) is 59.1 Å². The van der Waals surface area contributed by atoms with Crippen LogP contribution in [-0.4, -0.2) is 17.6 Å². The Balaban J connectivity index is 1.56. The molecule has 2 aromatic carbocycles. The highest BCUT2D eigenvalue weighted by Crippen LogP contribution is 2.22. The van der Waals surface area contributed by atoms with Crippen LogP contribution in [0, 0.1) is 0 Å². The molecule has 0 saturated heterocycles. The molecule has 24 heavy (non-hydrogen) atoms. The topological polar surface area (TPSA) is 48.4 Å². The number of hydrogen-bond donors (Lipinski definition) is 0. The summed E-state index contributed by atoms with van der Waals surface area (Å²) in [6.45, 7) is 3.00. The Hall–Kier alpha value is -2.40. The van der Waals surface area contributed by atoms with Gasteiger partial charge in [0.2, 0.25) is 0 Å². The molecule has 0 amide bonds. The number of unbranched alkanes of at least 4 members (excludes halogenated alkanes) is 1. The monoisotopic (exact) mass is 341 g/mol. The number of benzene rings is 2. The molecule has 4 nitrogen and oxygen atoms in total. The fraction of sp³-hybridized carbons (Fsp3) is 0.263. The van der Waals surface area contributed by atoms with Crippen molar-refractivity contribution in [1.29, 1.82) is 0 Å². The predicted octanol–water partition coefficient (Wildman–Crippen LogP) is 4.83. The first-order chi connectivity index (χ1) is 11.8. The van der Waals surface area contributed by atoms with Crippen molar-refractivity contribution in [1.82, 2.24) is 4.98 Å². The third-order valence-electron chi connectivity index (χ3n) is 3.52. The Labute approximate surface area is 145 Å². The molecule has 0 radical (unpaired) electrons. The average molecular weight is 341 g/mol. The van der Waals surface area contributed by atoms with Gasteiger partial charge in [0, 0.05) is 0 Å². The van der Waals surface area contributed by atoms with Crippen molar-refractivity contribution in [2.45, 2.75) is 26.4 Å². The van der Waals surface area contributed by atoms with Crippen molar-refractivity contribution < 1.29 is 14.3 Å². The molecule has 0 unspecified atom stereocenters. The molecule has 0 atom stereocenters. The van der Waals surface area contributed by atoms with Crippen LogP contribution in [0.3, 0.4) is 0 Å². The highest BCUT2D eigenvalue weighted by molar-refractivity contribution is 7.18. The fourth-order valence-corrected chi connectivity index (χ4v) is 3.09. The number of hydrogen-bond acceptors (Lipinski definition) is 5. The maximum atomic E-state index is 12.1. The first kappa shape index (κ1) is 16.5. The average Bonchev–Trinajstić information content (AvgIpc) is 3.03. The highest BCUT2D eigenvalue weighted by Gasteiger charge is 2.10. The summed E-state index contributed by atoms with van der Waals surface area (Å²) < 4.78 is 12.0. The summed E-state index contributed by atoms with van der Waals surface area (Å²) in [5.41, 5.74) is 1.45. The van der Waals surface area contributed by atoms with Crippen molar-refractivity contribution in [3.63, 3.8) is 0 Å². The van der Waals surface area contributed by atoms with E-state index in [0.717, 1.165) is 33.8 Å². The van der Waals surface area contributed by atoms with Crippen molar-refractivity contribution >= 4 is 27.5 Å². The second-order valence-corrected chi connectivity index (χ2v) is 6.49. The molecule has 3 aromatic rings. The van der Waals surface area contributed by atoms with Crippen LogP contribution in [0.4, 0.5) is 0 Å². The van der Waals surface area contributed by atoms with Crippen LogP contribution in [0.15, 0.2) is 48.5 Å². The third kappa shape index (κ3) is 4.11. The van der Waals surface area contributed by atoms with Crippen LogP contribution < -0.4 is 4.74 Å². The Bertz CT molecular complexity index is 778. The zero-order valence-corrected chi connectivity index (χ0v) is 14.3. The van der Waals surface area contributed by atoms with E-state index in [2.05, 4.69) is 11.9 Å². The molecule has 0 fully saturated rings. The van der Waals surface area contributed by atoms with E-state index in [1.54, 1.807) is 24.3 Å². The number of para-hydroxylation sites is 1. The van der Waals surface area contributed by atoms with E-state index in [9.17, 15) is 4.79 Å². The minimum atomic E-state index is -0.352. The summed E-state index contributed by atoms with van der Waals surface area (Å²) in [5, 5.41) is 0.795. The number of thiazole rings is 1. The lowest BCUT2D eigenvalue weighted by Gasteiger charge is -2.06. The van der Waals surface area contributed by atoms with Gasteiger partial charge in [0.1, 0.15) is 17.4 Å². The minimum absolute atomic E-state index is 0.187. The Morgan fingerprint density at radius 2 is 1.92 bits per heavy atom. The third-order valence-corrected chi connectivity index (χ3v) is 4.53. The lowest BCUT2D eigenvalue weighted by atomic mass is 10.2. The molecule has 124 valence electrons. The van der Waals surface area contributed by atoms with E-state index in [0.29, 0.717) is 12.2 Å². The molecular formula is C19H19NO3S. The van der Waals surface area contributed by atoms with Gasteiger partial charge in [-0.15, -0.1) is 11.3 Å². The zero-order valence-electron chi connectivity index (χ0n) is 13.5. The standard InChI is InChI=1S/C19H19NO3S/c1-2-3-12-22-15-10-8-14(9-11-15)19(21)23-13-18-20-16-6-4-5-7-17(16)24-18/h4-11H,2-3,12-13H2,1H3. The Morgan fingerprint density at radius 3 is 2.67 bits per heavy atom. The Morgan fingerprint density at radius 1 is 1.12 bits per heavy atom. The number of aromatic nitrogens is 1. The van der Waals surface area contributed by atoms with Gasteiger partial charge < -0.3 is 9.47 Å². The van der Waals surface area contributed by atoms with E-state index >= 15 is 0 Å². The normalized spacial score (nSPS) is 10.7. The maximum absolute atomic E-state index is 12.1. The van der Waals surface area contributed by atoms with Crippen molar-refractivity contribution in [3.8, 4) is 5.75 Å². The van der Waals surface area contributed by atoms with Crippen LogP contribution in [-0.2, 0) is 11.3 Å². The second-order valence-electron chi connectivity index (χ2n) is 5.38. The summed E-state index contributed by atoms with van der Waals surface area (Å²) in [6.07, 6.45) is 2.11. The van der Waals surface area contributed by atoms with E-state index in [-0.39, 0.29) is 12.6 Å². The van der Waals surface area contributed by atoms with Gasteiger partial charge in [0.15, 0.2) is 0 Å². The van der Waals surface area contributed by atoms with Gasteiger partial charge in [-0.25, -0.2) is 9.78 Å². The molecule has 0 spiro atoms. The molecule has 5 heteroatoms. The molecular weight excluding hydrogens is 322 g/mol. The van der Waals surface area contributed by atoms with Crippen molar-refractivity contribution in [2.24, 2.45) is 0 Å². The second kappa shape index (κ2) is 7.93. The minimum Gasteiger partial charge on any atom is -0.494 e. The molecule has 0 aliphatic carbocycles. The summed E-state index contributed by atoms with van der Waals surface area (Å²) in [5.74, 6) is 0.417. The first-order valence-corrected chi connectivity index (χ1v) is 8.82. The van der Waals surface area contributed by atoms with Crippen molar-refractivity contribution in [2.75, 3.05) is 6.61 Å². The molecule has 3 rings (SSSR count). The Kier molecular flexibility index (Phi) is 5.43. The number of fused-ring (bicyclic) bond motifs is 1. The zero-order chi connectivity index (χ0) is 16.8. The number of ether oxygens (including phenoxy) is 2. The van der Waals surface area contributed by atoms with E-state index in [4.69, 9.17) is 9.47 Å². The van der Waals surface area contributed by atoms with E-state index in [1.807, 2.05) is 24.3 Å². The smallest absolute Gasteiger partial charge is 0.338 e. The maximum Gasteiger partial charge on any atom is 0.338 e.